The van der Waals surface area contributed by atoms with Gasteiger partial charge in [0.1, 0.15) is 6.10 Å². The molecule has 0 amide bonds. The van der Waals surface area contributed by atoms with Gasteiger partial charge in [-0.05, 0) is 32.1 Å². The van der Waals surface area contributed by atoms with Gasteiger partial charge in [-0.15, -0.1) is 0 Å². The minimum absolute atomic E-state index is 0.0449. The summed E-state index contributed by atoms with van der Waals surface area (Å²) < 4.78 is 23.4. The second-order valence-corrected chi connectivity index (χ2v) is 5.18. The summed E-state index contributed by atoms with van der Waals surface area (Å²) in [6.07, 6.45) is 7.74. The van der Waals surface area contributed by atoms with Crippen LogP contribution in [0.1, 0.15) is 44.9 Å². The summed E-state index contributed by atoms with van der Waals surface area (Å²) in [7, 11) is 0. The predicted octanol–water partition coefficient (Wildman–Crippen LogP) is 2.22. The van der Waals surface area contributed by atoms with Crippen LogP contribution in [0.2, 0.25) is 0 Å². The molecule has 2 heterocycles. The Balaban J connectivity index is 1.62. The van der Waals surface area contributed by atoms with E-state index in [2.05, 4.69) is 0 Å². The van der Waals surface area contributed by atoms with Crippen LogP contribution in [0.5, 0.6) is 0 Å². The zero-order valence-corrected chi connectivity index (χ0v) is 10.4. The average Bonchev–Trinajstić information content (AvgIpc) is 2.83. The normalized spacial score (nSPS) is 37.4. The highest BCUT2D eigenvalue weighted by Gasteiger charge is 2.47. The van der Waals surface area contributed by atoms with Gasteiger partial charge >= 0.3 is 0 Å². The lowest BCUT2D eigenvalue weighted by molar-refractivity contribution is -0.294. The molecule has 0 aromatic carbocycles. The molecule has 3 rings (SSSR count). The fourth-order valence-electron chi connectivity index (χ4n) is 3.06. The number of rotatable bonds is 2. The summed E-state index contributed by atoms with van der Waals surface area (Å²) in [5, 5.41) is 0. The third kappa shape index (κ3) is 2.50. The van der Waals surface area contributed by atoms with Crippen molar-refractivity contribution in [2.45, 2.75) is 63.1 Å². The van der Waals surface area contributed by atoms with Gasteiger partial charge in [0.05, 0.1) is 13.2 Å². The Morgan fingerprint density at radius 3 is 2.47 bits per heavy atom. The molecule has 1 spiro atoms. The Hall–Kier alpha value is -0.160. The van der Waals surface area contributed by atoms with Crippen molar-refractivity contribution in [2.24, 2.45) is 0 Å². The van der Waals surface area contributed by atoms with E-state index in [1.165, 1.54) is 19.3 Å². The summed E-state index contributed by atoms with van der Waals surface area (Å²) >= 11 is 0. The summed E-state index contributed by atoms with van der Waals surface area (Å²) in [5.41, 5.74) is 0. The van der Waals surface area contributed by atoms with E-state index in [-0.39, 0.29) is 12.4 Å². The van der Waals surface area contributed by atoms with Crippen molar-refractivity contribution < 1.29 is 18.9 Å². The van der Waals surface area contributed by atoms with E-state index in [1.807, 2.05) is 0 Å². The number of hydrogen-bond acceptors (Lipinski definition) is 4. The molecule has 1 saturated carbocycles. The first-order valence-corrected chi connectivity index (χ1v) is 6.94. The van der Waals surface area contributed by atoms with Crippen molar-refractivity contribution >= 4 is 0 Å². The van der Waals surface area contributed by atoms with Crippen molar-refractivity contribution in [2.75, 3.05) is 19.8 Å². The first-order valence-electron chi connectivity index (χ1n) is 6.94. The smallest absolute Gasteiger partial charge is 0.194 e. The lowest BCUT2D eigenvalue weighted by Gasteiger charge is -2.41. The summed E-state index contributed by atoms with van der Waals surface area (Å²) in [6.45, 7) is 2.23. The maximum atomic E-state index is 6.10. The molecule has 2 atom stereocenters. The van der Waals surface area contributed by atoms with Crippen LogP contribution < -0.4 is 0 Å². The molecule has 4 heteroatoms. The van der Waals surface area contributed by atoms with Crippen LogP contribution in [0.3, 0.4) is 0 Å². The van der Waals surface area contributed by atoms with Crippen LogP contribution in [-0.4, -0.2) is 38.0 Å². The topological polar surface area (TPSA) is 36.9 Å². The Kier molecular flexibility index (Phi) is 3.66. The lowest BCUT2D eigenvalue weighted by Crippen LogP contribution is -2.49. The van der Waals surface area contributed by atoms with E-state index in [4.69, 9.17) is 18.9 Å². The third-order valence-corrected chi connectivity index (χ3v) is 3.96. The molecule has 2 aliphatic heterocycles. The second-order valence-electron chi connectivity index (χ2n) is 5.18. The highest BCUT2D eigenvalue weighted by molar-refractivity contribution is 4.88. The molecule has 98 valence electrons. The molecule has 0 N–H and O–H groups in total. The molecule has 3 aliphatic rings. The van der Waals surface area contributed by atoms with Crippen molar-refractivity contribution in [3.05, 3.63) is 0 Å². The predicted molar refractivity (Wildman–Crippen MR) is 61.6 cm³/mol. The highest BCUT2D eigenvalue weighted by Crippen LogP contribution is 2.38. The van der Waals surface area contributed by atoms with Crippen LogP contribution in [0, 0.1) is 0 Å². The van der Waals surface area contributed by atoms with Gasteiger partial charge in [-0.1, -0.05) is 6.42 Å². The Labute approximate surface area is 103 Å². The van der Waals surface area contributed by atoms with Crippen molar-refractivity contribution in [1.29, 1.82) is 0 Å². The fraction of sp³-hybridized carbons (Fsp3) is 1.00. The van der Waals surface area contributed by atoms with Crippen LogP contribution in [0.15, 0.2) is 0 Å². The first-order chi connectivity index (χ1) is 8.39. The largest absolute Gasteiger partial charge is 0.353 e. The average molecular weight is 242 g/mol. The zero-order chi connectivity index (χ0) is 11.6. The summed E-state index contributed by atoms with van der Waals surface area (Å²) in [5.74, 6) is -0.459. The minimum Gasteiger partial charge on any atom is -0.353 e. The number of ether oxygens (including phenoxy) is 4. The van der Waals surface area contributed by atoms with Crippen LogP contribution >= 0.6 is 0 Å². The minimum atomic E-state index is -0.459. The van der Waals surface area contributed by atoms with Gasteiger partial charge < -0.3 is 18.9 Å². The molecular formula is C13H22O4. The van der Waals surface area contributed by atoms with E-state index in [1.54, 1.807) is 0 Å². The van der Waals surface area contributed by atoms with Crippen molar-refractivity contribution in [1.82, 2.24) is 0 Å². The molecule has 0 aromatic rings. The van der Waals surface area contributed by atoms with Gasteiger partial charge in [-0.3, -0.25) is 0 Å². The molecule has 0 bridgehead atoms. The SMILES string of the molecule is C1CCC(OC2CCCCC23OCCO3)OC1. The molecule has 3 fully saturated rings. The lowest BCUT2D eigenvalue weighted by atomic mass is 9.91. The van der Waals surface area contributed by atoms with Gasteiger partial charge in [0.2, 0.25) is 0 Å². The highest BCUT2D eigenvalue weighted by atomic mass is 16.8. The van der Waals surface area contributed by atoms with Gasteiger partial charge in [-0.25, -0.2) is 0 Å². The maximum absolute atomic E-state index is 6.10. The standard InChI is InChI=1S/C13H22O4/c1-3-7-13(15-9-10-16-13)11(5-1)17-12-6-2-4-8-14-12/h11-12H,1-10H2. The molecule has 4 nitrogen and oxygen atoms in total. The van der Waals surface area contributed by atoms with Gasteiger partial charge in [0.15, 0.2) is 12.1 Å². The summed E-state index contributed by atoms with van der Waals surface area (Å²) in [4.78, 5) is 0. The van der Waals surface area contributed by atoms with E-state index < -0.39 is 5.79 Å². The Bertz CT molecular complexity index is 244. The van der Waals surface area contributed by atoms with Crippen LogP contribution in [-0.2, 0) is 18.9 Å². The van der Waals surface area contributed by atoms with Gasteiger partial charge in [0, 0.05) is 13.0 Å². The molecule has 2 saturated heterocycles. The van der Waals surface area contributed by atoms with Gasteiger partial charge in [0.25, 0.3) is 0 Å². The van der Waals surface area contributed by atoms with Crippen molar-refractivity contribution in [3.8, 4) is 0 Å². The van der Waals surface area contributed by atoms with Crippen LogP contribution in [0.4, 0.5) is 0 Å². The van der Waals surface area contributed by atoms with E-state index in [0.29, 0.717) is 13.2 Å². The summed E-state index contributed by atoms with van der Waals surface area (Å²) in [6, 6.07) is 0. The van der Waals surface area contributed by atoms with E-state index in [0.717, 1.165) is 32.3 Å². The van der Waals surface area contributed by atoms with E-state index in [9.17, 15) is 0 Å². The van der Waals surface area contributed by atoms with E-state index >= 15 is 0 Å². The molecular weight excluding hydrogens is 220 g/mol. The zero-order valence-electron chi connectivity index (χ0n) is 10.4. The second kappa shape index (κ2) is 5.22. The molecule has 17 heavy (non-hydrogen) atoms. The Morgan fingerprint density at radius 1 is 0.882 bits per heavy atom. The van der Waals surface area contributed by atoms with Crippen molar-refractivity contribution in [3.63, 3.8) is 0 Å². The number of hydrogen-bond donors (Lipinski definition) is 0. The monoisotopic (exact) mass is 242 g/mol. The molecule has 1 aliphatic carbocycles. The van der Waals surface area contributed by atoms with Crippen LogP contribution in [0.25, 0.3) is 0 Å². The molecule has 0 aromatic heterocycles. The Morgan fingerprint density at radius 2 is 1.71 bits per heavy atom. The van der Waals surface area contributed by atoms with Gasteiger partial charge in [-0.2, -0.15) is 0 Å². The fourth-order valence-corrected chi connectivity index (χ4v) is 3.06. The maximum Gasteiger partial charge on any atom is 0.194 e. The first kappa shape index (κ1) is 11.9. The molecule has 0 radical (unpaired) electrons. The quantitative estimate of drug-likeness (QED) is 0.744. The third-order valence-electron chi connectivity index (χ3n) is 3.96. The molecule has 2 unspecified atom stereocenters.